The topological polar surface area (TPSA) is 240 Å². The number of fused-ring (bicyclic) bond motifs is 6. The minimum Gasteiger partial charge on any atom is -0.478 e. The maximum atomic E-state index is 17.4. The number of nitrogens with zero attached hydrogens (tertiary/aromatic N) is 6. The van der Waals surface area contributed by atoms with Gasteiger partial charge in [0.15, 0.2) is 23.4 Å². The van der Waals surface area contributed by atoms with Crippen molar-refractivity contribution in [3.05, 3.63) is 160 Å². The third-order valence-electron chi connectivity index (χ3n) is 19.9. The van der Waals surface area contributed by atoms with Crippen molar-refractivity contribution in [1.29, 1.82) is 0 Å². The number of ether oxygens (including phenoxy) is 1. The first kappa shape index (κ1) is 66.7. The van der Waals surface area contributed by atoms with Gasteiger partial charge in [0, 0.05) is 144 Å². The third kappa shape index (κ3) is 10.8. The van der Waals surface area contributed by atoms with Crippen LogP contribution in [0.25, 0.3) is 50.1 Å². The molecular formula is C73H65Cl2F3N6O14S+2. The summed E-state index contributed by atoms with van der Waals surface area (Å²) in [5.41, 5.74) is 4.22. The van der Waals surface area contributed by atoms with Crippen molar-refractivity contribution in [3.63, 3.8) is 0 Å². The summed E-state index contributed by atoms with van der Waals surface area (Å²) in [6.07, 6.45) is 5.72. The summed E-state index contributed by atoms with van der Waals surface area (Å²) in [6, 6.07) is 15.1. The maximum absolute atomic E-state index is 17.4. The van der Waals surface area contributed by atoms with Crippen LogP contribution in [0.1, 0.15) is 144 Å². The molecule has 2 saturated heterocycles. The standard InChI is InChI=1S/C73H63Cl2F3N6O14S/c1-33-30-72(3,4)81-22-9-11-39-64(81)41(33)27-43-55(56-46(74)29-45(60(75)58(56)69(90)91)71(94)98-84-51(87)19-20-52(84)88)44-28-42-34(2)31-73(5,82-23-10-12-40(65(42)82)67(44)96-66(39)43)21-24-80(8)36-14-16-38-48(26-36)95-47-25-35(79(6)7)13-15-37(47)54(38)57-59(70(92)93)61(76)63(78)68(62(57)77)99-32-53(89)97-83-49(85)17-18-50(83)86/h13-16,25-31,51,87H,9-12,17-24,32H2,1-8H3/p+2. The Morgan fingerprint density at radius 3 is 2.19 bits per heavy atom. The van der Waals surface area contributed by atoms with Crippen molar-refractivity contribution in [2.24, 2.45) is 0 Å². The molecule has 510 valence electrons. The second-order valence-electron chi connectivity index (χ2n) is 26.9. The molecule has 0 radical (unpaired) electrons. The Bertz CT molecular complexity index is 5140. The summed E-state index contributed by atoms with van der Waals surface area (Å²) in [6.45, 7) is 12.4. The van der Waals surface area contributed by atoms with Gasteiger partial charge in [0.1, 0.15) is 54.9 Å². The average molecular weight is 1410 g/mol. The number of aromatic carboxylic acids is 2. The third-order valence-corrected chi connectivity index (χ3v) is 21.7. The Morgan fingerprint density at radius 1 is 0.778 bits per heavy atom. The van der Waals surface area contributed by atoms with E-state index in [1.54, 1.807) is 55.1 Å². The van der Waals surface area contributed by atoms with E-state index < -0.39 is 109 Å². The highest BCUT2D eigenvalue weighted by Gasteiger charge is 2.46. The predicted octanol–water partition coefficient (Wildman–Crippen LogP) is 10.5. The number of anilines is 2. The molecule has 2 unspecified atom stereocenters. The van der Waals surface area contributed by atoms with Gasteiger partial charge in [0.05, 0.1) is 54.7 Å². The van der Waals surface area contributed by atoms with Crippen LogP contribution in [-0.2, 0) is 41.7 Å². The van der Waals surface area contributed by atoms with Crippen molar-refractivity contribution >= 4 is 116 Å². The highest BCUT2D eigenvalue weighted by molar-refractivity contribution is 8.00. The molecule has 26 heteroatoms. The normalized spacial score (nSPS) is 18.8. The molecule has 2 atom stereocenters. The summed E-state index contributed by atoms with van der Waals surface area (Å²) in [7, 11) is 5.44. The molecule has 8 aliphatic heterocycles. The number of hydrogen-bond acceptors (Lipinski definition) is 15. The van der Waals surface area contributed by atoms with E-state index in [0.29, 0.717) is 82.7 Å². The second kappa shape index (κ2) is 24.4. The minimum atomic E-state index is -1.98. The van der Waals surface area contributed by atoms with Gasteiger partial charge in [-0.25, -0.2) is 41.5 Å². The zero-order valence-corrected chi connectivity index (χ0v) is 57.3. The average Bonchev–Trinajstić information content (AvgIpc) is 0.957. The van der Waals surface area contributed by atoms with Crippen molar-refractivity contribution in [1.82, 2.24) is 19.3 Å². The highest BCUT2D eigenvalue weighted by Crippen LogP contribution is 2.54. The number of allylic oxidation sites excluding steroid dienone is 2. The van der Waals surface area contributed by atoms with E-state index in [0.717, 1.165) is 57.4 Å². The number of halogens is 5. The fourth-order valence-electron chi connectivity index (χ4n) is 15.3. The number of carboxylic acid groups (broad SMARTS) is 2. The van der Waals surface area contributed by atoms with Gasteiger partial charge >= 0.3 is 23.9 Å². The summed E-state index contributed by atoms with van der Waals surface area (Å²) < 4.78 is 68.1. The number of imide groups is 1. The fourth-order valence-corrected chi connectivity index (χ4v) is 16.7. The summed E-state index contributed by atoms with van der Waals surface area (Å²) in [5, 5.41) is 34.8. The van der Waals surface area contributed by atoms with Crippen LogP contribution in [0.4, 0.5) is 24.5 Å². The van der Waals surface area contributed by atoms with Crippen LogP contribution >= 0.6 is 35.0 Å². The monoisotopic (exact) mass is 1410 g/mol. The van der Waals surface area contributed by atoms with Gasteiger partial charge in [-0.2, -0.15) is 0 Å². The second-order valence-corrected chi connectivity index (χ2v) is 28.6. The van der Waals surface area contributed by atoms with Gasteiger partial charge in [0.25, 0.3) is 17.7 Å². The number of hydrogen-bond donors (Lipinski definition) is 3. The van der Waals surface area contributed by atoms with Crippen molar-refractivity contribution in [2.45, 2.75) is 115 Å². The minimum absolute atomic E-state index is 0.0152. The Kier molecular flexibility index (Phi) is 16.5. The number of carbonyl (C=O) groups is 7. The summed E-state index contributed by atoms with van der Waals surface area (Å²) in [5.74, 6) is -13.2. The number of amides is 3. The molecule has 9 aliphatic rings. The lowest BCUT2D eigenvalue weighted by molar-refractivity contribution is -0.195. The zero-order chi connectivity index (χ0) is 70.5. The Morgan fingerprint density at radius 2 is 1.49 bits per heavy atom. The molecule has 14 rings (SSSR count). The predicted molar refractivity (Wildman–Crippen MR) is 363 cm³/mol. The van der Waals surface area contributed by atoms with Crippen molar-refractivity contribution < 1.29 is 80.9 Å². The molecule has 5 aromatic carbocycles. The lowest BCUT2D eigenvalue weighted by Gasteiger charge is -2.47. The molecule has 1 aliphatic carbocycles. The van der Waals surface area contributed by atoms with Crippen LogP contribution in [0.15, 0.2) is 76.1 Å². The maximum Gasteiger partial charge on any atom is 0.364 e. The first-order valence-electron chi connectivity index (χ1n) is 32.2. The first-order chi connectivity index (χ1) is 47.0. The quantitative estimate of drug-likeness (QED) is 0.0301. The van der Waals surface area contributed by atoms with E-state index in [2.05, 4.69) is 49.3 Å². The summed E-state index contributed by atoms with van der Waals surface area (Å²) >= 11 is 14.7. The van der Waals surface area contributed by atoms with Gasteiger partial charge in [-0.3, -0.25) is 14.4 Å². The molecule has 0 saturated carbocycles. The van der Waals surface area contributed by atoms with E-state index in [9.17, 15) is 48.9 Å². The lowest BCUT2D eigenvalue weighted by Crippen LogP contribution is -2.55. The van der Waals surface area contributed by atoms with Crippen LogP contribution in [-0.4, -0.2) is 131 Å². The van der Waals surface area contributed by atoms with Crippen molar-refractivity contribution in [2.75, 3.05) is 56.3 Å². The van der Waals surface area contributed by atoms with Crippen molar-refractivity contribution in [3.8, 4) is 33.9 Å². The molecule has 5 aromatic rings. The number of carboxylic acids is 2. The SMILES string of the molecule is CC1=CC(C)(C)N2CCCc3c4c(cc1c32)C(c1c(Cl)cc(C(=O)ON2C(=O)CCC2O)c(Cl)c1C(=O)O)=c1cc2c3c(c1O4)CCC[N+]=3C(C)(CCN(C)c1ccc3c(-c4c(F)c(SCC(=O)ON5C(=O)CCC5=O)c(F)c(F)c4C(=O)O)c4ccc(=[N+](C)C)cc-4oc3c1)C=C2C. The largest absolute Gasteiger partial charge is 0.478 e. The number of benzene rings is 6. The first-order valence-corrected chi connectivity index (χ1v) is 34.0. The zero-order valence-electron chi connectivity index (χ0n) is 54.9. The smallest absolute Gasteiger partial charge is 0.364 e. The number of thioether (sulfide) groups is 1. The van der Waals surface area contributed by atoms with Gasteiger partial charge in [-0.05, 0) is 101 Å². The van der Waals surface area contributed by atoms with E-state index in [-0.39, 0.29) is 86.5 Å². The molecule has 3 amide bonds. The van der Waals surface area contributed by atoms with Gasteiger partial charge in [-0.1, -0.05) is 29.3 Å². The molecular weight excluding hydrogens is 1340 g/mol. The fraction of sp³-hybridized carbons (Fsp3) is 0.329. The van der Waals surface area contributed by atoms with Gasteiger partial charge < -0.3 is 43.9 Å². The number of hydroxylamine groups is 4. The summed E-state index contributed by atoms with van der Waals surface area (Å²) in [4.78, 5) is 104. The molecule has 2 fully saturated rings. The van der Waals surface area contributed by atoms with Crippen LogP contribution in [0, 0.1) is 17.5 Å². The van der Waals surface area contributed by atoms with Crippen LogP contribution in [0.3, 0.4) is 0 Å². The van der Waals surface area contributed by atoms with E-state index >= 15 is 13.2 Å². The Balaban J connectivity index is 0.878. The van der Waals surface area contributed by atoms with E-state index in [1.165, 1.54) is 6.07 Å². The van der Waals surface area contributed by atoms with E-state index in [1.807, 2.05) is 31.0 Å². The molecule has 8 heterocycles. The highest BCUT2D eigenvalue weighted by atomic mass is 35.5. The Hall–Kier alpha value is -9.49. The van der Waals surface area contributed by atoms with Gasteiger partial charge in [-0.15, -0.1) is 21.9 Å². The molecule has 20 nitrogen and oxygen atoms in total. The Labute approximate surface area is 577 Å². The van der Waals surface area contributed by atoms with Crippen LogP contribution in [0.5, 0.6) is 11.5 Å². The molecule has 3 N–H and O–H groups in total. The van der Waals surface area contributed by atoms with E-state index in [4.69, 9.17) is 42.0 Å². The van der Waals surface area contributed by atoms with Crippen LogP contribution in [0.2, 0.25) is 10.0 Å². The molecule has 0 aromatic heterocycles. The van der Waals surface area contributed by atoms with Gasteiger partial charge in [0.2, 0.25) is 10.7 Å². The molecule has 0 bridgehead atoms. The molecule has 0 spiro atoms. The van der Waals surface area contributed by atoms with Crippen LogP contribution < -0.4 is 39.6 Å². The number of carbonyl (C=O) groups excluding carboxylic acids is 5. The number of aliphatic hydroxyl groups excluding tert-OH is 1. The number of rotatable bonds is 14. The lowest BCUT2D eigenvalue weighted by atomic mass is 9.78. The number of aliphatic hydroxyl groups is 1. The molecule has 99 heavy (non-hydrogen) atoms.